The highest BCUT2D eigenvalue weighted by atomic mass is 15.3. The van der Waals surface area contributed by atoms with E-state index in [1.165, 1.54) is 5.56 Å². The molecule has 0 saturated carbocycles. The molecule has 0 fully saturated rings. The van der Waals surface area contributed by atoms with Gasteiger partial charge in [0.1, 0.15) is 17.5 Å². The van der Waals surface area contributed by atoms with Crippen LogP contribution in [0.4, 0.5) is 11.6 Å². The zero-order valence-corrected chi connectivity index (χ0v) is 12.6. The highest BCUT2D eigenvalue weighted by Gasteiger charge is 2.07. The van der Waals surface area contributed by atoms with E-state index in [-0.39, 0.29) is 6.04 Å². The summed E-state index contributed by atoms with van der Waals surface area (Å²) >= 11 is 0. The SMILES string of the molecule is CCCc1nc(NN)cc(NC(C)Cc2ccccc2)n1. The van der Waals surface area contributed by atoms with Crippen molar-refractivity contribution < 1.29 is 0 Å². The highest BCUT2D eigenvalue weighted by molar-refractivity contribution is 5.47. The summed E-state index contributed by atoms with van der Waals surface area (Å²) in [7, 11) is 0. The Labute approximate surface area is 126 Å². The first-order chi connectivity index (χ1) is 10.2. The lowest BCUT2D eigenvalue weighted by Gasteiger charge is -2.16. The van der Waals surface area contributed by atoms with Gasteiger partial charge in [0.2, 0.25) is 0 Å². The lowest BCUT2D eigenvalue weighted by atomic mass is 10.1. The van der Waals surface area contributed by atoms with E-state index in [1.54, 1.807) is 0 Å². The van der Waals surface area contributed by atoms with Gasteiger partial charge < -0.3 is 10.7 Å². The zero-order chi connectivity index (χ0) is 15.1. The Morgan fingerprint density at radius 1 is 1.14 bits per heavy atom. The highest BCUT2D eigenvalue weighted by Crippen LogP contribution is 2.14. The van der Waals surface area contributed by atoms with Gasteiger partial charge in [-0.1, -0.05) is 37.3 Å². The van der Waals surface area contributed by atoms with Crippen LogP contribution in [0.15, 0.2) is 36.4 Å². The average Bonchev–Trinajstić information content (AvgIpc) is 2.48. The standard InChI is InChI=1S/C16H23N5/c1-3-7-14-19-15(11-16(20-14)21-17)18-12(2)10-13-8-5-4-6-9-13/h4-6,8-9,11-12H,3,7,10,17H2,1-2H3,(H2,18,19,20,21). The second-order valence-electron chi connectivity index (χ2n) is 5.18. The fourth-order valence-corrected chi connectivity index (χ4v) is 2.25. The molecule has 4 N–H and O–H groups in total. The smallest absolute Gasteiger partial charge is 0.145 e. The van der Waals surface area contributed by atoms with Crippen molar-refractivity contribution in [2.75, 3.05) is 10.7 Å². The minimum absolute atomic E-state index is 0.280. The van der Waals surface area contributed by atoms with Crippen LogP contribution in [-0.4, -0.2) is 16.0 Å². The number of benzene rings is 1. The Morgan fingerprint density at radius 3 is 2.52 bits per heavy atom. The minimum Gasteiger partial charge on any atom is -0.367 e. The van der Waals surface area contributed by atoms with Crippen molar-refractivity contribution in [1.82, 2.24) is 9.97 Å². The van der Waals surface area contributed by atoms with Crippen molar-refractivity contribution in [3.63, 3.8) is 0 Å². The van der Waals surface area contributed by atoms with Gasteiger partial charge in [-0.25, -0.2) is 15.8 Å². The summed E-state index contributed by atoms with van der Waals surface area (Å²) < 4.78 is 0. The third-order valence-corrected chi connectivity index (χ3v) is 3.17. The number of rotatable bonds is 7. The largest absolute Gasteiger partial charge is 0.367 e. The normalized spacial score (nSPS) is 12.0. The summed E-state index contributed by atoms with van der Waals surface area (Å²) in [5.41, 5.74) is 3.90. The summed E-state index contributed by atoms with van der Waals surface area (Å²) in [4.78, 5) is 8.88. The number of hydrogen-bond donors (Lipinski definition) is 3. The van der Waals surface area contributed by atoms with Gasteiger partial charge in [-0.05, 0) is 25.3 Å². The number of aromatic nitrogens is 2. The lowest BCUT2D eigenvalue weighted by Crippen LogP contribution is -2.20. The summed E-state index contributed by atoms with van der Waals surface area (Å²) in [6, 6.07) is 12.5. The topological polar surface area (TPSA) is 75.9 Å². The van der Waals surface area contributed by atoms with E-state index < -0.39 is 0 Å². The Hall–Kier alpha value is -2.14. The van der Waals surface area contributed by atoms with Crippen LogP contribution in [0.25, 0.3) is 0 Å². The first-order valence-corrected chi connectivity index (χ1v) is 7.36. The predicted octanol–water partition coefficient (Wildman–Crippen LogP) is 2.76. The van der Waals surface area contributed by atoms with E-state index in [0.717, 1.165) is 30.9 Å². The molecule has 0 aliphatic heterocycles. The Balaban J connectivity index is 2.05. The molecule has 2 rings (SSSR count). The van der Waals surface area contributed by atoms with Gasteiger partial charge in [-0.2, -0.15) is 0 Å². The van der Waals surface area contributed by atoms with Gasteiger partial charge in [0.25, 0.3) is 0 Å². The minimum atomic E-state index is 0.280. The maximum Gasteiger partial charge on any atom is 0.145 e. The molecule has 0 radical (unpaired) electrons. The molecular formula is C16H23N5. The molecule has 0 aliphatic carbocycles. The summed E-state index contributed by atoms with van der Waals surface area (Å²) in [6.45, 7) is 4.25. The monoisotopic (exact) mass is 285 g/mol. The van der Waals surface area contributed by atoms with Gasteiger partial charge in [-0.15, -0.1) is 0 Å². The second-order valence-corrected chi connectivity index (χ2v) is 5.18. The molecule has 0 aliphatic rings. The zero-order valence-electron chi connectivity index (χ0n) is 12.6. The van der Waals surface area contributed by atoms with Crippen LogP contribution in [0.3, 0.4) is 0 Å². The number of nitrogen functional groups attached to an aromatic ring is 1. The molecule has 1 heterocycles. The molecule has 0 amide bonds. The van der Waals surface area contributed by atoms with Crippen LogP contribution >= 0.6 is 0 Å². The lowest BCUT2D eigenvalue weighted by molar-refractivity contribution is 0.774. The molecule has 0 spiro atoms. The molecule has 112 valence electrons. The van der Waals surface area contributed by atoms with Gasteiger partial charge in [0.05, 0.1) is 0 Å². The molecule has 2 aromatic rings. The van der Waals surface area contributed by atoms with Crippen LogP contribution in [0.2, 0.25) is 0 Å². The number of nitrogens with one attached hydrogen (secondary N) is 2. The Morgan fingerprint density at radius 2 is 1.86 bits per heavy atom. The third kappa shape index (κ3) is 4.72. The van der Waals surface area contributed by atoms with Crippen LogP contribution in [0.1, 0.15) is 31.7 Å². The first kappa shape index (κ1) is 15.3. The van der Waals surface area contributed by atoms with Crippen LogP contribution in [0, 0.1) is 0 Å². The van der Waals surface area contributed by atoms with Crippen molar-refractivity contribution in [2.45, 2.75) is 39.2 Å². The average molecular weight is 285 g/mol. The van der Waals surface area contributed by atoms with E-state index in [0.29, 0.717) is 5.82 Å². The molecule has 0 saturated heterocycles. The van der Waals surface area contributed by atoms with Crippen LogP contribution in [-0.2, 0) is 12.8 Å². The number of hydrogen-bond acceptors (Lipinski definition) is 5. The maximum absolute atomic E-state index is 5.47. The van der Waals surface area contributed by atoms with Crippen molar-refractivity contribution >= 4 is 11.6 Å². The fraction of sp³-hybridized carbons (Fsp3) is 0.375. The van der Waals surface area contributed by atoms with E-state index in [2.05, 4.69) is 58.8 Å². The number of hydrazine groups is 1. The number of nitrogens with two attached hydrogens (primary N) is 1. The maximum atomic E-state index is 5.47. The molecule has 1 aromatic carbocycles. The van der Waals surface area contributed by atoms with E-state index in [9.17, 15) is 0 Å². The summed E-state index contributed by atoms with van der Waals surface area (Å²) in [5.74, 6) is 7.73. The molecule has 0 bridgehead atoms. The summed E-state index contributed by atoms with van der Waals surface area (Å²) in [6.07, 6.45) is 2.80. The van der Waals surface area contributed by atoms with Crippen LogP contribution < -0.4 is 16.6 Å². The fourth-order valence-electron chi connectivity index (χ4n) is 2.25. The van der Waals surface area contributed by atoms with Crippen molar-refractivity contribution in [2.24, 2.45) is 5.84 Å². The van der Waals surface area contributed by atoms with Crippen molar-refractivity contribution in [1.29, 1.82) is 0 Å². The molecule has 5 nitrogen and oxygen atoms in total. The Bertz CT molecular complexity index is 556. The summed E-state index contributed by atoms with van der Waals surface area (Å²) in [5, 5.41) is 3.42. The van der Waals surface area contributed by atoms with Gasteiger partial charge in [0.15, 0.2) is 0 Å². The number of nitrogens with zero attached hydrogens (tertiary/aromatic N) is 2. The number of aryl methyl sites for hydroxylation is 1. The predicted molar refractivity (Wildman–Crippen MR) is 87.1 cm³/mol. The molecule has 1 unspecified atom stereocenters. The van der Waals surface area contributed by atoms with Crippen molar-refractivity contribution in [3.05, 3.63) is 47.8 Å². The quantitative estimate of drug-likeness (QED) is 0.539. The number of anilines is 2. The Kier molecular flexibility index (Phi) is 5.51. The van der Waals surface area contributed by atoms with E-state index >= 15 is 0 Å². The molecule has 5 heteroatoms. The second kappa shape index (κ2) is 7.59. The first-order valence-electron chi connectivity index (χ1n) is 7.36. The molecule has 21 heavy (non-hydrogen) atoms. The van der Waals surface area contributed by atoms with E-state index in [4.69, 9.17) is 5.84 Å². The molecule has 1 aromatic heterocycles. The van der Waals surface area contributed by atoms with Gasteiger partial charge in [0, 0.05) is 18.5 Å². The molecule has 1 atom stereocenters. The van der Waals surface area contributed by atoms with E-state index in [1.807, 2.05) is 12.1 Å². The van der Waals surface area contributed by atoms with Crippen LogP contribution in [0.5, 0.6) is 0 Å². The van der Waals surface area contributed by atoms with Gasteiger partial charge >= 0.3 is 0 Å². The molecular weight excluding hydrogens is 262 g/mol. The third-order valence-electron chi connectivity index (χ3n) is 3.17. The van der Waals surface area contributed by atoms with Gasteiger partial charge in [-0.3, -0.25) is 0 Å². The van der Waals surface area contributed by atoms with Crippen molar-refractivity contribution in [3.8, 4) is 0 Å².